The van der Waals surface area contributed by atoms with Gasteiger partial charge in [0, 0.05) is 14.1 Å². The molecule has 0 aliphatic heterocycles. The van der Waals surface area contributed by atoms with E-state index in [1.54, 1.807) is 25.1 Å². The summed E-state index contributed by atoms with van der Waals surface area (Å²) >= 11 is 0. The lowest BCUT2D eigenvalue weighted by atomic mass is 10.1. The van der Waals surface area contributed by atoms with Crippen molar-refractivity contribution in [3.05, 3.63) is 24.8 Å². The minimum absolute atomic E-state index is 0.0336. The van der Waals surface area contributed by atoms with Crippen molar-refractivity contribution >= 4 is 5.91 Å². The molecule has 1 amide bonds. The summed E-state index contributed by atoms with van der Waals surface area (Å²) in [4.78, 5) is 12.6. The van der Waals surface area contributed by atoms with Crippen molar-refractivity contribution in [2.24, 2.45) is 5.92 Å². The van der Waals surface area contributed by atoms with E-state index in [0.717, 1.165) is 6.42 Å². The predicted octanol–water partition coefficient (Wildman–Crippen LogP) is 1.84. The molecule has 0 heterocycles. The van der Waals surface area contributed by atoms with Crippen LogP contribution in [0.4, 0.5) is 0 Å². The van der Waals surface area contributed by atoms with Crippen molar-refractivity contribution in [3.8, 4) is 0 Å². The van der Waals surface area contributed by atoms with Crippen molar-refractivity contribution in [3.63, 3.8) is 0 Å². The first-order chi connectivity index (χ1) is 5.57. The van der Waals surface area contributed by atoms with E-state index in [1.807, 2.05) is 12.2 Å². The number of hydrogen-bond donors (Lipinski definition) is 0. The smallest absolute Gasteiger partial charge is 0.245 e. The molecule has 0 aliphatic rings. The molecular weight excluding hydrogens is 150 g/mol. The average Bonchev–Trinajstić information content (AvgIpc) is 2.03. The number of carbonyl (C=O) groups excluding carboxylic acids is 1. The van der Waals surface area contributed by atoms with E-state index in [-0.39, 0.29) is 5.91 Å². The molecular formula is C10H17NO. The highest BCUT2D eigenvalue weighted by Crippen LogP contribution is 2.02. The minimum atomic E-state index is 0.0336. The molecule has 1 atom stereocenters. The van der Waals surface area contributed by atoms with E-state index >= 15 is 0 Å². The van der Waals surface area contributed by atoms with Crippen LogP contribution >= 0.6 is 0 Å². The molecule has 0 N–H and O–H groups in total. The fourth-order valence-corrected chi connectivity index (χ4v) is 0.629. The van der Waals surface area contributed by atoms with E-state index in [0.29, 0.717) is 5.92 Å². The molecule has 0 aliphatic carbocycles. The van der Waals surface area contributed by atoms with Crippen molar-refractivity contribution in [2.75, 3.05) is 14.1 Å². The summed E-state index contributed by atoms with van der Waals surface area (Å²) in [6.07, 6.45) is 6.24. The first kappa shape index (κ1) is 11.0. The van der Waals surface area contributed by atoms with Gasteiger partial charge in [-0.1, -0.05) is 19.1 Å². The lowest BCUT2D eigenvalue weighted by Crippen LogP contribution is -2.18. The summed E-state index contributed by atoms with van der Waals surface area (Å²) in [6.45, 7) is 5.73. The number of rotatable bonds is 4. The van der Waals surface area contributed by atoms with Gasteiger partial charge in [-0.2, -0.15) is 0 Å². The second-order valence-corrected chi connectivity index (χ2v) is 3.08. The zero-order valence-corrected chi connectivity index (χ0v) is 8.08. The van der Waals surface area contributed by atoms with Gasteiger partial charge in [-0.15, -0.1) is 6.58 Å². The summed E-state index contributed by atoms with van der Waals surface area (Å²) in [6, 6.07) is 0. The van der Waals surface area contributed by atoms with Gasteiger partial charge in [0.15, 0.2) is 0 Å². The Morgan fingerprint density at radius 1 is 1.58 bits per heavy atom. The van der Waals surface area contributed by atoms with Crippen molar-refractivity contribution in [1.82, 2.24) is 4.90 Å². The van der Waals surface area contributed by atoms with Crippen molar-refractivity contribution in [2.45, 2.75) is 13.3 Å². The number of amides is 1. The molecule has 0 rings (SSSR count). The Kier molecular flexibility index (Phi) is 5.09. The highest BCUT2D eigenvalue weighted by molar-refractivity contribution is 5.87. The number of carbonyl (C=O) groups is 1. The van der Waals surface area contributed by atoms with Gasteiger partial charge in [-0.3, -0.25) is 4.79 Å². The molecule has 0 spiro atoms. The van der Waals surface area contributed by atoms with Gasteiger partial charge < -0.3 is 4.90 Å². The molecule has 1 unspecified atom stereocenters. The predicted molar refractivity (Wildman–Crippen MR) is 51.8 cm³/mol. The number of hydrogen-bond acceptors (Lipinski definition) is 1. The summed E-state index contributed by atoms with van der Waals surface area (Å²) in [5, 5.41) is 0. The normalized spacial score (nSPS) is 12.9. The summed E-state index contributed by atoms with van der Waals surface area (Å²) in [7, 11) is 3.48. The Morgan fingerprint density at radius 2 is 2.17 bits per heavy atom. The molecule has 0 saturated carbocycles. The van der Waals surface area contributed by atoms with Gasteiger partial charge in [0.05, 0.1) is 0 Å². The van der Waals surface area contributed by atoms with E-state index in [1.165, 1.54) is 0 Å². The van der Waals surface area contributed by atoms with E-state index in [9.17, 15) is 4.79 Å². The first-order valence-electron chi connectivity index (χ1n) is 4.08. The second-order valence-electron chi connectivity index (χ2n) is 3.08. The fraction of sp³-hybridized carbons (Fsp3) is 0.500. The fourth-order valence-electron chi connectivity index (χ4n) is 0.629. The van der Waals surface area contributed by atoms with Crippen LogP contribution in [0.3, 0.4) is 0 Å². The van der Waals surface area contributed by atoms with Crippen LogP contribution in [-0.4, -0.2) is 24.9 Å². The standard InChI is InChI=1S/C10H17NO/c1-5-9(2)7-6-8-10(12)11(3)4/h5-6,8-9H,1,7H2,2-4H3/b8-6+. The van der Waals surface area contributed by atoms with Crippen LogP contribution in [0.25, 0.3) is 0 Å². The maximum absolute atomic E-state index is 11.0. The van der Waals surface area contributed by atoms with Gasteiger partial charge in [0.2, 0.25) is 5.91 Å². The molecule has 0 aromatic carbocycles. The third-order valence-electron chi connectivity index (χ3n) is 1.61. The molecule has 12 heavy (non-hydrogen) atoms. The highest BCUT2D eigenvalue weighted by Gasteiger charge is 1.96. The Morgan fingerprint density at radius 3 is 2.58 bits per heavy atom. The first-order valence-corrected chi connectivity index (χ1v) is 4.08. The largest absolute Gasteiger partial charge is 0.345 e. The number of likely N-dealkylation sites (N-methyl/N-ethyl adjacent to an activating group) is 1. The third kappa shape index (κ3) is 4.72. The monoisotopic (exact) mass is 167 g/mol. The lowest BCUT2D eigenvalue weighted by molar-refractivity contribution is -0.123. The van der Waals surface area contributed by atoms with Gasteiger partial charge in [0.25, 0.3) is 0 Å². The maximum Gasteiger partial charge on any atom is 0.245 e. The SMILES string of the molecule is C=CC(C)C/C=C/C(=O)N(C)C. The van der Waals surface area contributed by atoms with Crippen LogP contribution in [0, 0.1) is 5.92 Å². The molecule has 0 aromatic rings. The van der Waals surface area contributed by atoms with Crippen LogP contribution in [0.1, 0.15) is 13.3 Å². The Labute approximate surface area is 74.6 Å². The van der Waals surface area contributed by atoms with Gasteiger partial charge in [0.1, 0.15) is 0 Å². The summed E-state index contributed by atoms with van der Waals surface area (Å²) < 4.78 is 0. The zero-order valence-electron chi connectivity index (χ0n) is 8.08. The van der Waals surface area contributed by atoms with Crippen molar-refractivity contribution < 1.29 is 4.79 Å². The van der Waals surface area contributed by atoms with E-state index < -0.39 is 0 Å². The molecule has 68 valence electrons. The third-order valence-corrected chi connectivity index (χ3v) is 1.61. The highest BCUT2D eigenvalue weighted by atomic mass is 16.2. The quantitative estimate of drug-likeness (QED) is 0.462. The van der Waals surface area contributed by atoms with Gasteiger partial charge >= 0.3 is 0 Å². The number of allylic oxidation sites excluding steroid dienone is 2. The van der Waals surface area contributed by atoms with E-state index in [4.69, 9.17) is 0 Å². The van der Waals surface area contributed by atoms with Crippen LogP contribution in [-0.2, 0) is 4.79 Å². The maximum atomic E-state index is 11.0. The Bertz CT molecular complexity index is 182. The van der Waals surface area contributed by atoms with Gasteiger partial charge in [-0.05, 0) is 18.4 Å². The second kappa shape index (κ2) is 5.58. The minimum Gasteiger partial charge on any atom is -0.345 e. The Hall–Kier alpha value is -1.05. The number of nitrogens with zero attached hydrogens (tertiary/aromatic N) is 1. The average molecular weight is 167 g/mol. The summed E-state index contributed by atoms with van der Waals surface area (Å²) in [5.41, 5.74) is 0. The molecule has 0 aromatic heterocycles. The molecule has 2 heteroatoms. The van der Waals surface area contributed by atoms with Crippen molar-refractivity contribution in [1.29, 1.82) is 0 Å². The topological polar surface area (TPSA) is 20.3 Å². The van der Waals surface area contributed by atoms with Crippen LogP contribution in [0.15, 0.2) is 24.8 Å². The molecule has 0 bridgehead atoms. The zero-order chi connectivity index (χ0) is 9.56. The van der Waals surface area contributed by atoms with Gasteiger partial charge in [-0.25, -0.2) is 0 Å². The molecule has 0 saturated heterocycles. The van der Waals surface area contributed by atoms with Crippen LogP contribution in [0.2, 0.25) is 0 Å². The molecule has 2 nitrogen and oxygen atoms in total. The van der Waals surface area contributed by atoms with Crippen LogP contribution in [0.5, 0.6) is 0 Å². The molecule has 0 fully saturated rings. The molecule has 0 radical (unpaired) electrons. The summed E-state index contributed by atoms with van der Waals surface area (Å²) in [5.74, 6) is 0.475. The lowest BCUT2D eigenvalue weighted by Gasteiger charge is -2.05. The van der Waals surface area contributed by atoms with Crippen LogP contribution < -0.4 is 0 Å². The van der Waals surface area contributed by atoms with E-state index in [2.05, 4.69) is 13.5 Å². The Balaban J connectivity index is 3.76.